The summed E-state index contributed by atoms with van der Waals surface area (Å²) in [7, 11) is 0. The minimum atomic E-state index is 0.861. The second kappa shape index (κ2) is 3.02. The summed E-state index contributed by atoms with van der Waals surface area (Å²) in [6.07, 6.45) is 0. The number of nitrogens with zero attached hydrogens (tertiary/aromatic N) is 1. The molecule has 4 atom stereocenters. The average Bonchev–Trinajstić information content (AvgIpc) is 2.67. The van der Waals surface area contributed by atoms with E-state index in [0.29, 0.717) is 0 Å². The normalized spacial score (nSPS) is 41.9. The molecule has 1 saturated carbocycles. The summed E-state index contributed by atoms with van der Waals surface area (Å²) in [4.78, 5) is 2.69. The van der Waals surface area contributed by atoms with Crippen LogP contribution in [0.4, 0.5) is 0 Å². The van der Waals surface area contributed by atoms with Crippen LogP contribution in [0.2, 0.25) is 0 Å². The van der Waals surface area contributed by atoms with Crippen molar-refractivity contribution >= 4 is 11.8 Å². The molecule has 2 heterocycles. The molecule has 1 aromatic rings. The van der Waals surface area contributed by atoms with Crippen molar-refractivity contribution in [2.45, 2.75) is 11.9 Å². The third-order valence-corrected chi connectivity index (χ3v) is 5.75. The van der Waals surface area contributed by atoms with Gasteiger partial charge in [0, 0.05) is 13.1 Å². The van der Waals surface area contributed by atoms with Crippen LogP contribution in [0.15, 0.2) is 30.3 Å². The maximum absolute atomic E-state index is 2.69. The van der Waals surface area contributed by atoms with Crippen molar-refractivity contribution in [2.75, 3.05) is 12.3 Å². The highest BCUT2D eigenvalue weighted by Crippen LogP contribution is 2.65. The van der Waals surface area contributed by atoms with Crippen molar-refractivity contribution in [3.05, 3.63) is 35.9 Å². The molecule has 1 nitrogen and oxygen atoms in total. The van der Waals surface area contributed by atoms with Gasteiger partial charge in [0.05, 0.1) is 5.37 Å². The molecule has 1 aromatic carbocycles. The smallest absolute Gasteiger partial charge is 0.0595 e. The predicted octanol–water partition coefficient (Wildman–Crippen LogP) is 2.44. The van der Waals surface area contributed by atoms with Crippen molar-refractivity contribution in [2.24, 2.45) is 17.8 Å². The number of piperidine rings is 1. The fourth-order valence-electron chi connectivity index (χ4n) is 3.41. The van der Waals surface area contributed by atoms with Crippen LogP contribution in [0.25, 0.3) is 0 Å². The van der Waals surface area contributed by atoms with Crippen molar-refractivity contribution in [3.63, 3.8) is 0 Å². The van der Waals surface area contributed by atoms with E-state index in [4.69, 9.17) is 0 Å². The number of hydrogen-bond donors (Lipinski definition) is 0. The fourth-order valence-corrected chi connectivity index (χ4v) is 5.29. The second-order valence-electron chi connectivity index (χ2n) is 5.04. The van der Waals surface area contributed by atoms with Gasteiger partial charge >= 0.3 is 0 Å². The van der Waals surface area contributed by atoms with E-state index >= 15 is 0 Å². The molecule has 4 unspecified atom stereocenters. The van der Waals surface area contributed by atoms with Gasteiger partial charge in [-0.1, -0.05) is 30.3 Å². The quantitative estimate of drug-likeness (QED) is 0.748. The van der Waals surface area contributed by atoms with Gasteiger partial charge < -0.3 is 0 Å². The first kappa shape index (κ1) is 8.66. The Morgan fingerprint density at radius 3 is 2.87 bits per heavy atom. The van der Waals surface area contributed by atoms with Gasteiger partial charge in [0.1, 0.15) is 0 Å². The number of thioether (sulfide) groups is 1. The Balaban J connectivity index is 1.52. The minimum absolute atomic E-state index is 0.861. The highest BCUT2D eigenvalue weighted by molar-refractivity contribution is 8.00. The third-order valence-electron chi connectivity index (χ3n) is 4.22. The predicted molar refractivity (Wildman–Crippen MR) is 63.6 cm³/mol. The van der Waals surface area contributed by atoms with Crippen LogP contribution in [-0.4, -0.2) is 22.6 Å². The molecule has 3 aliphatic rings. The monoisotopic (exact) mass is 217 g/mol. The first-order valence-corrected chi connectivity index (χ1v) is 6.88. The number of fused-ring (bicyclic) bond motifs is 1. The summed E-state index contributed by atoms with van der Waals surface area (Å²) >= 11 is 2.20. The Kier molecular flexibility index (Phi) is 1.74. The van der Waals surface area contributed by atoms with Crippen LogP contribution in [0.1, 0.15) is 5.56 Å². The first-order chi connectivity index (χ1) is 7.43. The number of benzene rings is 1. The maximum Gasteiger partial charge on any atom is 0.0595 e. The van der Waals surface area contributed by atoms with Crippen LogP contribution >= 0.6 is 11.8 Å². The van der Waals surface area contributed by atoms with Gasteiger partial charge in [0.15, 0.2) is 0 Å². The summed E-state index contributed by atoms with van der Waals surface area (Å²) < 4.78 is 0. The summed E-state index contributed by atoms with van der Waals surface area (Å²) in [6, 6.07) is 10.9. The lowest BCUT2D eigenvalue weighted by Gasteiger charge is -2.23. The van der Waals surface area contributed by atoms with E-state index in [1.165, 1.54) is 17.9 Å². The Morgan fingerprint density at radius 2 is 2.07 bits per heavy atom. The molecule has 0 amide bonds. The van der Waals surface area contributed by atoms with Crippen LogP contribution in [0, 0.1) is 17.8 Å². The van der Waals surface area contributed by atoms with Gasteiger partial charge in [-0.15, -0.1) is 11.8 Å². The van der Waals surface area contributed by atoms with E-state index in [0.717, 1.165) is 29.7 Å². The molecular weight excluding hydrogens is 202 g/mol. The molecule has 15 heavy (non-hydrogen) atoms. The number of hydrogen-bond acceptors (Lipinski definition) is 2. The van der Waals surface area contributed by atoms with E-state index < -0.39 is 0 Å². The topological polar surface area (TPSA) is 3.24 Å². The van der Waals surface area contributed by atoms with E-state index in [-0.39, 0.29) is 0 Å². The molecule has 0 N–H and O–H groups in total. The van der Waals surface area contributed by atoms with Gasteiger partial charge in [-0.3, -0.25) is 4.90 Å². The molecule has 1 aliphatic carbocycles. The Bertz CT molecular complexity index is 377. The van der Waals surface area contributed by atoms with Crippen molar-refractivity contribution in [1.29, 1.82) is 0 Å². The van der Waals surface area contributed by atoms with Crippen molar-refractivity contribution < 1.29 is 0 Å². The summed E-state index contributed by atoms with van der Waals surface area (Å²) in [5.41, 5.74) is 1.47. The van der Waals surface area contributed by atoms with Gasteiger partial charge in [-0.2, -0.15) is 0 Å². The maximum atomic E-state index is 2.69. The van der Waals surface area contributed by atoms with Crippen molar-refractivity contribution in [3.8, 4) is 0 Å². The zero-order valence-corrected chi connectivity index (χ0v) is 9.49. The number of rotatable bonds is 2. The Labute approximate surface area is 94.9 Å². The molecule has 3 fully saturated rings. The van der Waals surface area contributed by atoms with Crippen LogP contribution in [0.3, 0.4) is 0 Å². The van der Waals surface area contributed by atoms with E-state index in [1.54, 1.807) is 0 Å². The van der Waals surface area contributed by atoms with E-state index in [1.807, 2.05) is 0 Å². The second-order valence-corrected chi connectivity index (χ2v) is 6.19. The fraction of sp³-hybridized carbons (Fsp3) is 0.538. The van der Waals surface area contributed by atoms with Gasteiger partial charge in [-0.25, -0.2) is 0 Å². The van der Waals surface area contributed by atoms with E-state index in [9.17, 15) is 0 Å². The summed E-state index contributed by atoms with van der Waals surface area (Å²) in [6.45, 7) is 2.53. The van der Waals surface area contributed by atoms with Crippen LogP contribution in [-0.2, 0) is 6.54 Å². The highest BCUT2D eigenvalue weighted by Gasteiger charge is 2.64. The van der Waals surface area contributed by atoms with Crippen molar-refractivity contribution in [1.82, 2.24) is 4.90 Å². The number of likely N-dealkylation sites (tertiary alicyclic amines) is 1. The molecule has 0 spiro atoms. The molecular formula is C13H15NS. The average molecular weight is 217 g/mol. The molecule has 0 aromatic heterocycles. The largest absolute Gasteiger partial charge is 0.287 e. The summed E-state index contributed by atoms with van der Waals surface area (Å²) in [5, 5.41) is 0.861. The molecule has 2 aliphatic heterocycles. The SMILES string of the molecule is c1ccc(CN2CC3C4CSC2C43)cc1. The third kappa shape index (κ3) is 1.21. The summed E-state index contributed by atoms with van der Waals surface area (Å²) in [5.74, 6) is 4.68. The highest BCUT2D eigenvalue weighted by atomic mass is 32.2. The molecule has 78 valence electrons. The van der Waals surface area contributed by atoms with Crippen LogP contribution in [0.5, 0.6) is 0 Å². The zero-order valence-electron chi connectivity index (χ0n) is 8.67. The van der Waals surface area contributed by atoms with Gasteiger partial charge in [0.2, 0.25) is 0 Å². The Hall–Kier alpha value is -0.470. The molecule has 0 bridgehead atoms. The molecule has 4 rings (SSSR count). The standard InChI is InChI=1S/C13H15NS/c1-2-4-9(5-3-1)6-14-7-10-11-8-15-13(14)12(10)11/h1-5,10-13H,6-8H2. The first-order valence-electron chi connectivity index (χ1n) is 5.83. The Morgan fingerprint density at radius 1 is 1.20 bits per heavy atom. The van der Waals surface area contributed by atoms with Crippen LogP contribution < -0.4 is 0 Å². The van der Waals surface area contributed by atoms with Gasteiger partial charge in [0.25, 0.3) is 0 Å². The molecule has 2 saturated heterocycles. The molecule has 0 radical (unpaired) electrons. The lowest BCUT2D eigenvalue weighted by molar-refractivity contribution is 0.269. The lowest BCUT2D eigenvalue weighted by atomic mass is 10.2. The molecule has 2 heteroatoms. The van der Waals surface area contributed by atoms with Gasteiger partial charge in [-0.05, 0) is 29.1 Å². The minimum Gasteiger partial charge on any atom is -0.287 e. The zero-order chi connectivity index (χ0) is 9.83. The van der Waals surface area contributed by atoms with E-state index in [2.05, 4.69) is 47.0 Å². The lowest BCUT2D eigenvalue weighted by Crippen LogP contribution is -2.28.